The summed E-state index contributed by atoms with van der Waals surface area (Å²) in [5, 5.41) is 10.8. The maximum Gasteiger partial charge on any atom is 0.291 e. The lowest BCUT2D eigenvalue weighted by molar-refractivity contribution is -0.115. The van der Waals surface area contributed by atoms with Crippen molar-refractivity contribution in [2.45, 2.75) is 38.1 Å². The number of carbonyl (C=O) groups is 2. The van der Waals surface area contributed by atoms with Gasteiger partial charge >= 0.3 is 0 Å². The second-order valence-corrected chi connectivity index (χ2v) is 6.70. The maximum atomic E-state index is 12.1. The fraction of sp³-hybridized carbons (Fsp3) is 0.300. The molecule has 136 valence electrons. The van der Waals surface area contributed by atoms with Crippen LogP contribution in [0, 0.1) is 0 Å². The van der Waals surface area contributed by atoms with Crippen LogP contribution >= 0.6 is 0 Å². The lowest BCUT2D eigenvalue weighted by Crippen LogP contribution is -2.23. The Morgan fingerprint density at radius 2 is 2.04 bits per heavy atom. The van der Waals surface area contributed by atoms with Gasteiger partial charge in [0, 0.05) is 30.6 Å². The van der Waals surface area contributed by atoms with E-state index in [1.807, 2.05) is 6.07 Å². The Bertz CT molecular complexity index is 919. The number of rotatable bonds is 4. The van der Waals surface area contributed by atoms with Crippen LogP contribution in [0.2, 0.25) is 0 Å². The van der Waals surface area contributed by atoms with E-state index in [1.54, 1.807) is 30.6 Å². The summed E-state index contributed by atoms with van der Waals surface area (Å²) in [6.45, 7) is 0. The van der Waals surface area contributed by atoms with E-state index in [-0.39, 0.29) is 17.9 Å². The van der Waals surface area contributed by atoms with Crippen molar-refractivity contribution in [3.63, 3.8) is 0 Å². The highest BCUT2D eigenvalue weighted by atomic mass is 16.2. The number of azo groups is 1. The predicted molar refractivity (Wildman–Crippen MR) is 99.3 cm³/mol. The van der Waals surface area contributed by atoms with Gasteiger partial charge < -0.3 is 5.32 Å². The summed E-state index contributed by atoms with van der Waals surface area (Å²) < 4.78 is 0. The van der Waals surface area contributed by atoms with E-state index in [1.165, 1.54) is 6.20 Å². The molecule has 7 nitrogen and oxygen atoms in total. The lowest BCUT2D eigenvalue weighted by Gasteiger charge is -2.25. The van der Waals surface area contributed by atoms with E-state index in [4.69, 9.17) is 0 Å². The average Bonchev–Trinajstić information content (AvgIpc) is 2.72. The smallest absolute Gasteiger partial charge is 0.291 e. The second kappa shape index (κ2) is 7.57. The molecular weight excluding hydrogens is 342 g/mol. The van der Waals surface area contributed by atoms with Crippen molar-refractivity contribution in [1.29, 1.82) is 0 Å². The molecule has 1 N–H and O–H groups in total. The number of hydrogen-bond donors (Lipinski definition) is 1. The summed E-state index contributed by atoms with van der Waals surface area (Å²) in [5.74, 6) is 0.0538. The van der Waals surface area contributed by atoms with Crippen LogP contribution in [0.4, 0.5) is 5.82 Å². The van der Waals surface area contributed by atoms with E-state index in [0.717, 1.165) is 42.4 Å². The van der Waals surface area contributed by atoms with E-state index < -0.39 is 0 Å². The fourth-order valence-corrected chi connectivity index (χ4v) is 3.48. The molecule has 4 rings (SSSR count). The molecule has 27 heavy (non-hydrogen) atoms. The summed E-state index contributed by atoms with van der Waals surface area (Å²) in [5.41, 5.74) is 3.46. The number of hydrogen-bond acceptors (Lipinski definition) is 5. The van der Waals surface area contributed by atoms with Gasteiger partial charge in [-0.05, 0) is 55.0 Å². The minimum Gasteiger partial charge on any atom is -0.307 e. The van der Waals surface area contributed by atoms with Crippen molar-refractivity contribution in [2.75, 3.05) is 5.32 Å². The van der Waals surface area contributed by atoms with Gasteiger partial charge in [0.2, 0.25) is 0 Å². The van der Waals surface area contributed by atoms with Crippen molar-refractivity contribution in [1.82, 2.24) is 9.97 Å². The van der Waals surface area contributed by atoms with Gasteiger partial charge in [-0.25, -0.2) is 4.98 Å². The highest BCUT2D eigenvalue weighted by Crippen LogP contribution is 2.33. The van der Waals surface area contributed by atoms with Gasteiger partial charge in [-0.15, -0.1) is 5.11 Å². The van der Waals surface area contributed by atoms with Crippen molar-refractivity contribution in [2.24, 2.45) is 10.2 Å². The lowest BCUT2D eigenvalue weighted by atomic mass is 9.84. The zero-order valence-electron chi connectivity index (χ0n) is 14.8. The molecule has 0 spiro atoms. The molecule has 0 aromatic carbocycles. The Labute approximate surface area is 156 Å². The third-order valence-electron chi connectivity index (χ3n) is 4.88. The van der Waals surface area contributed by atoms with Gasteiger partial charge in [0.15, 0.2) is 0 Å². The molecule has 0 fully saturated rings. The molecule has 2 aromatic heterocycles. The molecule has 1 unspecified atom stereocenters. The first kappa shape index (κ1) is 17.2. The first-order chi connectivity index (χ1) is 13.2. The Hall–Kier alpha value is -3.22. The number of amides is 2. The minimum atomic E-state index is -0.250. The molecule has 2 aliphatic rings. The summed E-state index contributed by atoms with van der Waals surface area (Å²) in [6, 6.07) is 7.01. The summed E-state index contributed by atoms with van der Waals surface area (Å²) >= 11 is 0. The summed E-state index contributed by atoms with van der Waals surface area (Å²) in [4.78, 5) is 32.3. The van der Waals surface area contributed by atoms with Crippen LogP contribution in [0.15, 0.2) is 64.2 Å². The molecule has 1 aliphatic heterocycles. The van der Waals surface area contributed by atoms with Crippen LogP contribution in [0.5, 0.6) is 0 Å². The summed E-state index contributed by atoms with van der Waals surface area (Å²) in [6.07, 6.45) is 9.36. The highest BCUT2D eigenvalue weighted by molar-refractivity contribution is 6.03. The standard InChI is InChI=1S/C20H19N5O2/c26-19(14-4-3-9-21-12-14)23-18-8-7-13(11-22-18)10-17-15-5-1-2-6-16(15)20(27)25-24-17/h3-4,7-9,11-12,17H,1-2,5-6,10H2,(H,22,23,26). The first-order valence-corrected chi connectivity index (χ1v) is 9.04. The van der Waals surface area contributed by atoms with Crippen LogP contribution in [-0.2, 0) is 11.2 Å². The van der Waals surface area contributed by atoms with Crippen LogP contribution in [0.3, 0.4) is 0 Å². The molecular formula is C20H19N5O2. The minimum absolute atomic E-state index is 0.0874. The Morgan fingerprint density at radius 1 is 1.15 bits per heavy atom. The molecule has 2 amide bonds. The molecule has 0 radical (unpaired) electrons. The SMILES string of the molecule is O=C1N=NC(Cc2ccc(NC(=O)c3cccnc3)nc2)C2=C1CCCC2. The number of pyridine rings is 2. The fourth-order valence-electron chi connectivity index (χ4n) is 3.48. The molecule has 7 heteroatoms. The number of nitrogens with zero attached hydrogens (tertiary/aromatic N) is 4. The first-order valence-electron chi connectivity index (χ1n) is 9.04. The van der Waals surface area contributed by atoms with Crippen molar-refractivity contribution >= 4 is 17.6 Å². The molecule has 0 saturated carbocycles. The van der Waals surface area contributed by atoms with Crippen LogP contribution in [0.25, 0.3) is 0 Å². The summed E-state index contributed by atoms with van der Waals surface area (Å²) in [7, 11) is 0. The molecule has 2 aromatic rings. The van der Waals surface area contributed by atoms with Gasteiger partial charge in [0.05, 0.1) is 11.6 Å². The van der Waals surface area contributed by atoms with Crippen LogP contribution in [-0.4, -0.2) is 27.8 Å². The highest BCUT2D eigenvalue weighted by Gasteiger charge is 2.28. The largest absolute Gasteiger partial charge is 0.307 e. The van der Waals surface area contributed by atoms with E-state index in [0.29, 0.717) is 17.8 Å². The molecule has 3 heterocycles. The van der Waals surface area contributed by atoms with Crippen molar-refractivity contribution in [3.05, 3.63) is 65.1 Å². The van der Waals surface area contributed by atoms with Crippen molar-refractivity contribution in [3.8, 4) is 0 Å². The zero-order valence-corrected chi connectivity index (χ0v) is 14.8. The van der Waals surface area contributed by atoms with Gasteiger partial charge in [-0.2, -0.15) is 5.11 Å². The zero-order chi connectivity index (χ0) is 18.6. The number of carbonyl (C=O) groups excluding carboxylic acids is 2. The van der Waals surface area contributed by atoms with Crippen LogP contribution in [0.1, 0.15) is 41.6 Å². The Morgan fingerprint density at radius 3 is 2.81 bits per heavy atom. The van der Waals surface area contributed by atoms with Crippen molar-refractivity contribution < 1.29 is 9.59 Å². The third-order valence-corrected chi connectivity index (χ3v) is 4.88. The van der Waals surface area contributed by atoms with Gasteiger partial charge in [-0.3, -0.25) is 14.6 Å². The quantitative estimate of drug-likeness (QED) is 0.901. The van der Waals surface area contributed by atoms with E-state index in [9.17, 15) is 9.59 Å². The Balaban J connectivity index is 1.44. The number of nitrogens with one attached hydrogen (secondary N) is 1. The third kappa shape index (κ3) is 3.81. The van der Waals surface area contributed by atoms with Gasteiger partial charge in [0.25, 0.3) is 11.8 Å². The van der Waals surface area contributed by atoms with Gasteiger partial charge in [0.1, 0.15) is 5.82 Å². The molecule has 1 aliphatic carbocycles. The maximum absolute atomic E-state index is 12.1. The average molecular weight is 361 g/mol. The Kier molecular flexibility index (Phi) is 4.82. The molecule has 0 saturated heterocycles. The normalized spacial score (nSPS) is 19.0. The van der Waals surface area contributed by atoms with Crippen LogP contribution < -0.4 is 5.32 Å². The predicted octanol–water partition coefficient (Wildman–Crippen LogP) is 3.50. The van der Waals surface area contributed by atoms with E-state index >= 15 is 0 Å². The van der Waals surface area contributed by atoms with E-state index in [2.05, 4.69) is 25.5 Å². The number of aromatic nitrogens is 2. The molecule has 1 atom stereocenters. The number of anilines is 1. The topological polar surface area (TPSA) is 96.7 Å². The molecule has 0 bridgehead atoms. The second-order valence-electron chi connectivity index (χ2n) is 6.70. The van der Waals surface area contributed by atoms with Gasteiger partial charge in [-0.1, -0.05) is 6.07 Å². The monoisotopic (exact) mass is 361 g/mol.